The molecule has 1 aromatic rings. The first-order valence-corrected chi connectivity index (χ1v) is 5.71. The maximum atomic E-state index is 11.2. The lowest BCUT2D eigenvalue weighted by Crippen LogP contribution is -2.29. The normalized spacial score (nSPS) is 9.86. The van der Waals surface area contributed by atoms with Crippen LogP contribution in [0.3, 0.4) is 0 Å². The predicted octanol–water partition coefficient (Wildman–Crippen LogP) is 2.43. The third-order valence-electron chi connectivity index (χ3n) is 2.02. The van der Waals surface area contributed by atoms with E-state index in [1.165, 1.54) is 5.56 Å². The molecule has 2 nitrogen and oxygen atoms in total. The van der Waals surface area contributed by atoms with Crippen LogP contribution in [0, 0.1) is 0 Å². The molecule has 1 aromatic carbocycles. The summed E-state index contributed by atoms with van der Waals surface area (Å²) in [5, 5.41) is 0.819. The molecule has 0 heterocycles. The lowest BCUT2D eigenvalue weighted by atomic mass is 10.2. The lowest BCUT2D eigenvalue weighted by molar-refractivity contribution is -0.129. The maximum Gasteiger partial charge on any atom is 0.219 e. The van der Waals surface area contributed by atoms with Crippen molar-refractivity contribution in [2.24, 2.45) is 0 Å². The molecule has 3 heteroatoms. The quantitative estimate of drug-likeness (QED) is 0.757. The topological polar surface area (TPSA) is 20.3 Å². The van der Waals surface area contributed by atoms with E-state index in [9.17, 15) is 4.79 Å². The Morgan fingerprint density at radius 3 is 2.50 bits per heavy atom. The van der Waals surface area contributed by atoms with Gasteiger partial charge in [0.1, 0.15) is 0 Å². The van der Waals surface area contributed by atoms with Crippen molar-refractivity contribution in [3.8, 4) is 0 Å². The van der Waals surface area contributed by atoms with Gasteiger partial charge in [0.15, 0.2) is 0 Å². The Morgan fingerprint density at radius 1 is 1.36 bits per heavy atom. The molecule has 0 spiro atoms. The van der Waals surface area contributed by atoms with Gasteiger partial charge in [-0.25, -0.2) is 0 Å². The fourth-order valence-electron chi connectivity index (χ4n) is 1.25. The Balaban J connectivity index is 2.60. The Labute approximate surface area is 93.0 Å². The number of hydrogen-bond donors (Lipinski definition) is 0. The van der Waals surface area contributed by atoms with Gasteiger partial charge in [0.05, 0.1) is 0 Å². The van der Waals surface area contributed by atoms with Gasteiger partial charge in [-0.15, -0.1) is 0 Å². The van der Waals surface area contributed by atoms with Crippen molar-refractivity contribution in [1.82, 2.24) is 4.90 Å². The van der Waals surface area contributed by atoms with Gasteiger partial charge in [-0.1, -0.05) is 46.3 Å². The molecule has 0 unspecified atom stereocenters. The SMILES string of the molecule is CC(=O)N(CCBr)Cc1ccccc1. The van der Waals surface area contributed by atoms with Gasteiger partial charge in [-0.2, -0.15) is 0 Å². The van der Waals surface area contributed by atoms with Crippen LogP contribution in [0.4, 0.5) is 0 Å². The van der Waals surface area contributed by atoms with Crippen LogP contribution in [0.2, 0.25) is 0 Å². The van der Waals surface area contributed by atoms with Gasteiger partial charge in [0, 0.05) is 25.3 Å². The third-order valence-corrected chi connectivity index (χ3v) is 2.37. The van der Waals surface area contributed by atoms with Crippen LogP contribution in [0.25, 0.3) is 0 Å². The molecular weight excluding hydrogens is 242 g/mol. The summed E-state index contributed by atoms with van der Waals surface area (Å²) in [6.07, 6.45) is 0. The van der Waals surface area contributed by atoms with E-state index < -0.39 is 0 Å². The van der Waals surface area contributed by atoms with E-state index in [-0.39, 0.29) is 5.91 Å². The number of rotatable bonds is 4. The molecule has 76 valence electrons. The van der Waals surface area contributed by atoms with E-state index in [2.05, 4.69) is 15.9 Å². The summed E-state index contributed by atoms with van der Waals surface area (Å²) in [5.41, 5.74) is 1.17. The Morgan fingerprint density at radius 2 is 2.00 bits per heavy atom. The second-order valence-electron chi connectivity index (χ2n) is 3.12. The van der Waals surface area contributed by atoms with Crippen LogP contribution >= 0.6 is 15.9 Å². The lowest BCUT2D eigenvalue weighted by Gasteiger charge is -2.19. The number of amides is 1. The van der Waals surface area contributed by atoms with Gasteiger partial charge in [0.25, 0.3) is 0 Å². The number of carbonyl (C=O) groups excluding carboxylic acids is 1. The van der Waals surface area contributed by atoms with Crippen molar-refractivity contribution in [3.63, 3.8) is 0 Å². The van der Waals surface area contributed by atoms with Crippen molar-refractivity contribution in [3.05, 3.63) is 35.9 Å². The third kappa shape index (κ3) is 3.50. The fraction of sp³-hybridized carbons (Fsp3) is 0.364. The first kappa shape index (κ1) is 11.2. The second-order valence-corrected chi connectivity index (χ2v) is 3.91. The molecule has 0 radical (unpaired) electrons. The molecular formula is C11H14BrNO. The predicted molar refractivity (Wildman–Crippen MR) is 61.3 cm³/mol. The monoisotopic (exact) mass is 255 g/mol. The summed E-state index contributed by atoms with van der Waals surface area (Å²) in [6, 6.07) is 10.0. The summed E-state index contributed by atoms with van der Waals surface area (Å²) < 4.78 is 0. The number of alkyl halides is 1. The average Bonchev–Trinajstić information content (AvgIpc) is 2.18. The van der Waals surface area contributed by atoms with Crippen LogP contribution < -0.4 is 0 Å². The molecule has 0 atom stereocenters. The summed E-state index contributed by atoms with van der Waals surface area (Å²) in [7, 11) is 0. The highest BCUT2D eigenvalue weighted by Crippen LogP contribution is 2.04. The zero-order valence-corrected chi connectivity index (χ0v) is 9.83. The standard InChI is InChI=1S/C11H14BrNO/c1-10(14)13(8-7-12)9-11-5-3-2-4-6-11/h2-6H,7-9H2,1H3. The molecule has 0 aliphatic heterocycles. The van der Waals surface area contributed by atoms with Crippen molar-refractivity contribution in [2.45, 2.75) is 13.5 Å². The van der Waals surface area contributed by atoms with Gasteiger partial charge in [-0.05, 0) is 5.56 Å². The molecule has 0 fully saturated rings. The van der Waals surface area contributed by atoms with E-state index >= 15 is 0 Å². The van der Waals surface area contributed by atoms with Crippen molar-refractivity contribution in [2.75, 3.05) is 11.9 Å². The highest BCUT2D eigenvalue weighted by atomic mass is 79.9. The van der Waals surface area contributed by atoms with Crippen LogP contribution in [0.5, 0.6) is 0 Å². The van der Waals surface area contributed by atoms with E-state index in [1.54, 1.807) is 6.92 Å². The first-order valence-electron chi connectivity index (χ1n) is 4.59. The van der Waals surface area contributed by atoms with E-state index in [0.717, 1.165) is 11.9 Å². The van der Waals surface area contributed by atoms with Crippen molar-refractivity contribution >= 4 is 21.8 Å². The number of benzene rings is 1. The van der Waals surface area contributed by atoms with Gasteiger partial charge < -0.3 is 4.90 Å². The number of hydrogen-bond acceptors (Lipinski definition) is 1. The largest absolute Gasteiger partial charge is 0.338 e. The zero-order chi connectivity index (χ0) is 10.4. The fourth-order valence-corrected chi connectivity index (χ4v) is 1.68. The van der Waals surface area contributed by atoms with Crippen molar-refractivity contribution in [1.29, 1.82) is 0 Å². The highest BCUT2D eigenvalue weighted by molar-refractivity contribution is 9.09. The molecule has 0 N–H and O–H groups in total. The summed E-state index contributed by atoms with van der Waals surface area (Å²) >= 11 is 3.34. The molecule has 0 saturated heterocycles. The molecule has 0 aliphatic rings. The molecule has 1 rings (SSSR count). The molecule has 0 bridgehead atoms. The minimum Gasteiger partial charge on any atom is -0.338 e. The Kier molecular flexibility index (Phi) is 4.66. The van der Waals surface area contributed by atoms with Crippen LogP contribution in [0.1, 0.15) is 12.5 Å². The minimum absolute atomic E-state index is 0.119. The molecule has 14 heavy (non-hydrogen) atoms. The van der Waals surface area contributed by atoms with Crippen LogP contribution in [0.15, 0.2) is 30.3 Å². The summed E-state index contributed by atoms with van der Waals surface area (Å²) in [6.45, 7) is 3.05. The maximum absolute atomic E-state index is 11.2. The Bertz CT molecular complexity index is 287. The van der Waals surface area contributed by atoms with E-state index in [1.807, 2.05) is 35.2 Å². The minimum atomic E-state index is 0.119. The first-order chi connectivity index (χ1) is 6.74. The molecule has 0 aliphatic carbocycles. The number of halogens is 1. The second kappa shape index (κ2) is 5.81. The molecule has 0 saturated carbocycles. The van der Waals surface area contributed by atoms with Crippen LogP contribution in [-0.4, -0.2) is 22.7 Å². The number of carbonyl (C=O) groups is 1. The van der Waals surface area contributed by atoms with Gasteiger partial charge >= 0.3 is 0 Å². The van der Waals surface area contributed by atoms with Crippen molar-refractivity contribution < 1.29 is 4.79 Å². The molecule has 1 amide bonds. The Hall–Kier alpha value is -0.830. The van der Waals surface area contributed by atoms with E-state index in [0.29, 0.717) is 6.54 Å². The van der Waals surface area contributed by atoms with Gasteiger partial charge in [-0.3, -0.25) is 4.79 Å². The van der Waals surface area contributed by atoms with Gasteiger partial charge in [0.2, 0.25) is 5.91 Å². The smallest absolute Gasteiger partial charge is 0.219 e. The summed E-state index contributed by atoms with van der Waals surface area (Å²) in [4.78, 5) is 13.1. The number of nitrogens with zero attached hydrogens (tertiary/aromatic N) is 1. The highest BCUT2D eigenvalue weighted by Gasteiger charge is 2.07. The zero-order valence-electron chi connectivity index (χ0n) is 8.24. The average molecular weight is 256 g/mol. The summed E-state index contributed by atoms with van der Waals surface area (Å²) in [5.74, 6) is 0.119. The van der Waals surface area contributed by atoms with Crippen LogP contribution in [-0.2, 0) is 11.3 Å². The molecule has 0 aromatic heterocycles. The van der Waals surface area contributed by atoms with E-state index in [4.69, 9.17) is 0 Å².